The quantitative estimate of drug-likeness (QED) is 0.895. The van der Waals surface area contributed by atoms with Crippen LogP contribution in [0.3, 0.4) is 0 Å². The number of fused-ring (bicyclic) bond motifs is 1. The fraction of sp³-hybridized carbons (Fsp3) is 0.579. The van der Waals surface area contributed by atoms with Gasteiger partial charge >= 0.3 is 0 Å². The molecule has 0 aliphatic carbocycles. The molecule has 2 aliphatic heterocycles. The van der Waals surface area contributed by atoms with Crippen LogP contribution >= 0.6 is 11.3 Å². The maximum absolute atomic E-state index is 12.4. The van der Waals surface area contributed by atoms with Gasteiger partial charge in [-0.3, -0.25) is 4.79 Å². The second-order valence-electron chi connectivity index (χ2n) is 7.83. The average Bonchev–Trinajstić information content (AvgIpc) is 3.21. The Morgan fingerprint density at radius 3 is 2.85 bits per heavy atom. The fourth-order valence-corrected chi connectivity index (χ4v) is 5.06. The Hall–Kier alpha value is -1.70. The number of piperidine rings is 1. The summed E-state index contributed by atoms with van der Waals surface area (Å²) in [5.74, 6) is 1.14. The maximum Gasteiger partial charge on any atom is 0.226 e. The Kier molecular flexibility index (Phi) is 4.86. The lowest BCUT2D eigenvalue weighted by atomic mass is 9.92. The molecule has 7 heteroatoms. The predicted molar refractivity (Wildman–Crippen MR) is 105 cm³/mol. The van der Waals surface area contributed by atoms with Crippen molar-refractivity contribution in [3.05, 3.63) is 33.6 Å². The molecule has 0 bridgehead atoms. The highest BCUT2D eigenvalue weighted by molar-refractivity contribution is 7.10. The lowest BCUT2D eigenvalue weighted by Gasteiger charge is -2.31. The molecule has 2 aromatic rings. The largest absolute Gasteiger partial charge is 0.311 e. The van der Waals surface area contributed by atoms with E-state index < -0.39 is 0 Å². The minimum atomic E-state index is 0.0970. The number of carbonyl (C=O) groups is 1. The van der Waals surface area contributed by atoms with E-state index in [9.17, 15) is 4.79 Å². The number of hydrogen-bond acceptors (Lipinski definition) is 5. The minimum absolute atomic E-state index is 0.0970. The summed E-state index contributed by atoms with van der Waals surface area (Å²) < 4.78 is 2.07. The third-order valence-electron chi connectivity index (χ3n) is 5.40. The lowest BCUT2D eigenvalue weighted by Crippen LogP contribution is -2.33. The van der Waals surface area contributed by atoms with Gasteiger partial charge in [0, 0.05) is 29.3 Å². The van der Waals surface area contributed by atoms with Crippen molar-refractivity contribution in [1.29, 1.82) is 0 Å². The van der Waals surface area contributed by atoms with Crippen LogP contribution in [-0.4, -0.2) is 59.7 Å². The monoisotopic (exact) mass is 373 g/mol. The molecule has 0 saturated carbocycles. The summed E-state index contributed by atoms with van der Waals surface area (Å²) in [4.78, 5) is 18.2. The summed E-state index contributed by atoms with van der Waals surface area (Å²) >= 11 is 1.76. The molecule has 4 heterocycles. The Morgan fingerprint density at radius 1 is 1.35 bits per heavy atom. The topological polar surface area (TPSA) is 53.4 Å². The summed E-state index contributed by atoms with van der Waals surface area (Å²) in [5, 5.41) is 10.0. The van der Waals surface area contributed by atoms with Crippen molar-refractivity contribution in [2.45, 2.75) is 37.8 Å². The van der Waals surface area contributed by atoms with Crippen LogP contribution in [0.15, 0.2) is 17.6 Å². The molecule has 1 unspecified atom stereocenters. The van der Waals surface area contributed by atoms with Crippen LogP contribution in [0.5, 0.6) is 0 Å². The second kappa shape index (κ2) is 7.13. The van der Waals surface area contributed by atoms with Crippen molar-refractivity contribution in [2.75, 3.05) is 39.5 Å². The summed E-state index contributed by atoms with van der Waals surface area (Å²) in [6.07, 6.45) is 4.64. The van der Waals surface area contributed by atoms with Gasteiger partial charge in [0.05, 0.1) is 12.2 Å². The van der Waals surface area contributed by atoms with Gasteiger partial charge in [-0.05, 0) is 64.1 Å². The molecule has 1 amide bonds. The van der Waals surface area contributed by atoms with Crippen LogP contribution in [0, 0.1) is 0 Å². The number of thiophene rings is 1. The summed E-state index contributed by atoms with van der Waals surface area (Å²) in [5.41, 5.74) is 2.48. The molecule has 0 spiro atoms. The number of nitrogens with zero attached hydrogens (tertiary/aromatic N) is 4. The molecule has 1 N–H and O–H groups in total. The third kappa shape index (κ3) is 3.43. The molecule has 6 nitrogen and oxygen atoms in total. The van der Waals surface area contributed by atoms with Crippen molar-refractivity contribution in [1.82, 2.24) is 19.6 Å². The van der Waals surface area contributed by atoms with Gasteiger partial charge in [-0.1, -0.05) is 0 Å². The van der Waals surface area contributed by atoms with E-state index in [0.717, 1.165) is 38.3 Å². The number of carbonyl (C=O) groups excluding carboxylic acids is 1. The van der Waals surface area contributed by atoms with Crippen LogP contribution in [-0.2, 0) is 11.3 Å². The van der Waals surface area contributed by atoms with Gasteiger partial charge in [-0.2, -0.15) is 5.10 Å². The number of rotatable bonds is 4. The third-order valence-corrected chi connectivity index (χ3v) is 6.49. The van der Waals surface area contributed by atoms with E-state index in [4.69, 9.17) is 5.10 Å². The van der Waals surface area contributed by atoms with Gasteiger partial charge in [-0.15, -0.1) is 11.3 Å². The highest BCUT2D eigenvalue weighted by Crippen LogP contribution is 2.41. The van der Waals surface area contributed by atoms with Crippen molar-refractivity contribution in [3.8, 4) is 0 Å². The number of likely N-dealkylation sites (tertiary alicyclic amines) is 1. The molecule has 1 saturated heterocycles. The van der Waals surface area contributed by atoms with Gasteiger partial charge in [0.2, 0.25) is 5.91 Å². The zero-order valence-corrected chi connectivity index (χ0v) is 16.6. The van der Waals surface area contributed by atoms with Crippen LogP contribution in [0.1, 0.15) is 47.2 Å². The van der Waals surface area contributed by atoms with E-state index in [1.807, 2.05) is 6.20 Å². The zero-order valence-electron chi connectivity index (χ0n) is 15.7. The number of amides is 1. The first-order chi connectivity index (χ1) is 12.5. The molecular formula is C19H27N5OS. The average molecular weight is 374 g/mol. The van der Waals surface area contributed by atoms with Gasteiger partial charge in [0.1, 0.15) is 5.82 Å². The first-order valence-corrected chi connectivity index (χ1v) is 10.2. The number of hydrogen-bond donors (Lipinski definition) is 1. The highest BCUT2D eigenvalue weighted by Gasteiger charge is 2.33. The lowest BCUT2D eigenvalue weighted by molar-refractivity contribution is -0.116. The van der Waals surface area contributed by atoms with E-state index in [1.165, 1.54) is 16.0 Å². The Bertz CT molecular complexity index is 788. The predicted octanol–water partition coefficient (Wildman–Crippen LogP) is 2.75. The maximum atomic E-state index is 12.4. The van der Waals surface area contributed by atoms with Crippen molar-refractivity contribution < 1.29 is 4.79 Å². The first-order valence-electron chi connectivity index (χ1n) is 9.29. The van der Waals surface area contributed by atoms with Crippen LogP contribution in [0.25, 0.3) is 0 Å². The van der Waals surface area contributed by atoms with Crippen molar-refractivity contribution in [2.24, 2.45) is 0 Å². The highest BCUT2D eigenvalue weighted by atomic mass is 32.1. The molecule has 0 aromatic carbocycles. The van der Waals surface area contributed by atoms with Gasteiger partial charge in [0.15, 0.2) is 0 Å². The van der Waals surface area contributed by atoms with Crippen LogP contribution in [0.2, 0.25) is 0 Å². The van der Waals surface area contributed by atoms with Crippen molar-refractivity contribution >= 4 is 23.1 Å². The Labute approximate surface area is 158 Å². The first kappa shape index (κ1) is 17.7. The summed E-state index contributed by atoms with van der Waals surface area (Å²) in [7, 11) is 6.32. The van der Waals surface area contributed by atoms with Crippen molar-refractivity contribution in [3.63, 3.8) is 0 Å². The molecule has 4 rings (SSSR count). The molecule has 2 aromatic heterocycles. The molecule has 140 valence electrons. The van der Waals surface area contributed by atoms with Gasteiger partial charge in [0.25, 0.3) is 0 Å². The number of anilines is 1. The van der Waals surface area contributed by atoms with E-state index in [0.29, 0.717) is 12.5 Å². The number of nitrogens with one attached hydrogen (secondary N) is 1. The summed E-state index contributed by atoms with van der Waals surface area (Å²) in [6, 6.07) is 2.63. The van der Waals surface area contributed by atoms with Crippen LogP contribution < -0.4 is 5.32 Å². The zero-order chi connectivity index (χ0) is 18.3. The molecule has 0 radical (unpaired) electrons. The van der Waals surface area contributed by atoms with Crippen LogP contribution in [0.4, 0.5) is 5.82 Å². The van der Waals surface area contributed by atoms with E-state index in [2.05, 4.69) is 52.4 Å². The molecule has 2 aliphatic rings. The summed E-state index contributed by atoms with van der Waals surface area (Å²) in [6.45, 7) is 3.09. The smallest absolute Gasteiger partial charge is 0.226 e. The SMILES string of the molecule is CN(C)Cc1csc(C2CC(=O)Nc3c2cnn3C2CCN(C)CC2)c1. The van der Waals surface area contributed by atoms with Gasteiger partial charge in [-0.25, -0.2) is 4.68 Å². The number of aromatic nitrogens is 2. The van der Waals surface area contributed by atoms with E-state index in [1.54, 1.807) is 11.3 Å². The molecular weight excluding hydrogens is 346 g/mol. The molecule has 26 heavy (non-hydrogen) atoms. The normalized spacial score (nSPS) is 21.8. The molecule has 1 fully saturated rings. The van der Waals surface area contributed by atoms with E-state index in [-0.39, 0.29) is 11.8 Å². The Balaban J connectivity index is 1.62. The fourth-order valence-electron chi connectivity index (χ4n) is 4.03. The van der Waals surface area contributed by atoms with E-state index >= 15 is 0 Å². The Morgan fingerprint density at radius 2 is 2.12 bits per heavy atom. The standard InChI is InChI=1S/C19H27N5OS/c1-22(2)11-13-8-17(26-12-13)15-9-18(25)21-19-16(15)10-20-24(19)14-4-6-23(3)7-5-14/h8,10,12,14-15H,4-7,9,11H2,1-3H3,(H,21,25). The van der Waals surface area contributed by atoms with Gasteiger partial charge < -0.3 is 15.1 Å². The minimum Gasteiger partial charge on any atom is -0.311 e. The second-order valence-corrected chi connectivity index (χ2v) is 8.77. The molecule has 1 atom stereocenters.